The fourth-order valence-corrected chi connectivity index (χ4v) is 1.82. The lowest BCUT2D eigenvalue weighted by atomic mass is 10.2. The van der Waals surface area contributed by atoms with Gasteiger partial charge in [-0.05, 0) is 36.7 Å². The maximum Gasteiger partial charge on any atom is 0.213 e. The van der Waals surface area contributed by atoms with Gasteiger partial charge in [-0.15, -0.1) is 12.4 Å². The number of rotatable bonds is 8. The van der Waals surface area contributed by atoms with E-state index in [4.69, 9.17) is 9.47 Å². The lowest BCUT2D eigenvalue weighted by molar-refractivity contribution is 0.296. The largest absolute Gasteiger partial charge is 0.497 e. The van der Waals surface area contributed by atoms with Crippen molar-refractivity contribution in [3.8, 4) is 11.6 Å². The fourth-order valence-electron chi connectivity index (χ4n) is 1.82. The van der Waals surface area contributed by atoms with E-state index in [0.29, 0.717) is 12.5 Å². The van der Waals surface area contributed by atoms with Crippen LogP contribution in [0.25, 0.3) is 0 Å². The van der Waals surface area contributed by atoms with Crippen LogP contribution in [0.3, 0.4) is 0 Å². The topological polar surface area (TPSA) is 43.4 Å². The minimum absolute atomic E-state index is 0. The third-order valence-electron chi connectivity index (χ3n) is 2.85. The Morgan fingerprint density at radius 1 is 1.14 bits per heavy atom. The smallest absolute Gasteiger partial charge is 0.213 e. The zero-order valence-electron chi connectivity index (χ0n) is 12.1. The third kappa shape index (κ3) is 6.47. The summed E-state index contributed by atoms with van der Waals surface area (Å²) in [6.45, 7) is 2.41. The number of benzene rings is 1. The Bertz CT molecular complexity index is 509. The van der Waals surface area contributed by atoms with E-state index < -0.39 is 0 Å². The van der Waals surface area contributed by atoms with Gasteiger partial charge < -0.3 is 14.8 Å². The Kier molecular flexibility index (Phi) is 8.24. The van der Waals surface area contributed by atoms with E-state index in [1.54, 1.807) is 13.3 Å². The fraction of sp³-hybridized carbons (Fsp3) is 0.312. The van der Waals surface area contributed by atoms with Crippen LogP contribution in [0.2, 0.25) is 0 Å². The first kappa shape index (κ1) is 17.3. The second kappa shape index (κ2) is 10.0. The lowest BCUT2D eigenvalue weighted by Gasteiger charge is -2.07. The molecule has 2 aromatic rings. The number of pyridine rings is 1. The highest BCUT2D eigenvalue weighted by Gasteiger charge is 1.96. The summed E-state index contributed by atoms with van der Waals surface area (Å²) in [5.41, 5.74) is 1.22. The second-order valence-corrected chi connectivity index (χ2v) is 4.40. The van der Waals surface area contributed by atoms with Gasteiger partial charge in [0.25, 0.3) is 0 Å². The zero-order chi connectivity index (χ0) is 14.0. The summed E-state index contributed by atoms with van der Waals surface area (Å²) >= 11 is 0. The molecule has 1 N–H and O–H groups in total. The highest BCUT2D eigenvalue weighted by atomic mass is 35.5. The van der Waals surface area contributed by atoms with Crippen molar-refractivity contribution >= 4 is 12.4 Å². The van der Waals surface area contributed by atoms with E-state index in [2.05, 4.69) is 16.4 Å². The second-order valence-electron chi connectivity index (χ2n) is 4.40. The van der Waals surface area contributed by atoms with Gasteiger partial charge >= 0.3 is 0 Å². The molecule has 0 atom stereocenters. The molecule has 1 aromatic heterocycles. The van der Waals surface area contributed by atoms with E-state index in [1.165, 1.54) is 5.56 Å². The monoisotopic (exact) mass is 308 g/mol. The summed E-state index contributed by atoms with van der Waals surface area (Å²) < 4.78 is 10.7. The van der Waals surface area contributed by atoms with Gasteiger partial charge in [0.05, 0.1) is 13.7 Å². The van der Waals surface area contributed by atoms with Crippen LogP contribution in [-0.4, -0.2) is 25.2 Å². The summed E-state index contributed by atoms with van der Waals surface area (Å²) in [6, 6.07) is 13.7. The Balaban J connectivity index is 0.00000220. The molecule has 0 radical (unpaired) electrons. The van der Waals surface area contributed by atoms with Crippen LogP contribution in [0, 0.1) is 0 Å². The third-order valence-corrected chi connectivity index (χ3v) is 2.85. The number of nitrogens with one attached hydrogen (secondary N) is 1. The molecule has 1 heterocycles. The van der Waals surface area contributed by atoms with Gasteiger partial charge in [0.15, 0.2) is 0 Å². The van der Waals surface area contributed by atoms with Crippen LogP contribution in [-0.2, 0) is 6.54 Å². The Hall–Kier alpha value is -1.78. The van der Waals surface area contributed by atoms with Crippen molar-refractivity contribution in [3.05, 3.63) is 54.2 Å². The molecule has 0 saturated heterocycles. The molecule has 0 spiro atoms. The zero-order valence-corrected chi connectivity index (χ0v) is 12.9. The van der Waals surface area contributed by atoms with Gasteiger partial charge in [0.2, 0.25) is 5.88 Å². The van der Waals surface area contributed by atoms with E-state index >= 15 is 0 Å². The molecule has 114 valence electrons. The standard InChI is InChI=1S/C16H20N2O2.ClH/c1-19-15-7-4-6-14(12-15)13-17-9-5-11-20-16-8-2-3-10-18-16;/h2-4,6-8,10,12,17H,5,9,11,13H2,1H3;1H. The molecule has 2 rings (SSSR count). The van der Waals surface area contributed by atoms with Crippen LogP contribution in [0.1, 0.15) is 12.0 Å². The maximum absolute atomic E-state index is 5.52. The van der Waals surface area contributed by atoms with Gasteiger partial charge in [0, 0.05) is 18.8 Å². The highest BCUT2D eigenvalue weighted by molar-refractivity contribution is 5.85. The van der Waals surface area contributed by atoms with Gasteiger partial charge in [-0.3, -0.25) is 0 Å². The number of aromatic nitrogens is 1. The average Bonchev–Trinajstić information content (AvgIpc) is 2.52. The number of ether oxygens (including phenoxy) is 2. The van der Waals surface area contributed by atoms with E-state index in [0.717, 1.165) is 25.3 Å². The van der Waals surface area contributed by atoms with Crippen LogP contribution < -0.4 is 14.8 Å². The average molecular weight is 309 g/mol. The number of halogens is 1. The Morgan fingerprint density at radius 3 is 2.81 bits per heavy atom. The number of hydrogen-bond donors (Lipinski definition) is 1. The van der Waals surface area contributed by atoms with Crippen molar-refractivity contribution in [1.82, 2.24) is 10.3 Å². The lowest BCUT2D eigenvalue weighted by Crippen LogP contribution is -2.17. The Labute approximate surface area is 131 Å². The molecule has 4 nitrogen and oxygen atoms in total. The first-order chi connectivity index (χ1) is 9.88. The SMILES string of the molecule is COc1cccc(CNCCCOc2ccccn2)c1.Cl. The number of hydrogen-bond acceptors (Lipinski definition) is 4. The molecule has 0 aliphatic rings. The molecule has 0 bridgehead atoms. The van der Waals surface area contributed by atoms with Gasteiger partial charge in [-0.25, -0.2) is 4.98 Å². The van der Waals surface area contributed by atoms with Crippen LogP contribution in [0.15, 0.2) is 48.7 Å². The van der Waals surface area contributed by atoms with Crippen molar-refractivity contribution in [2.45, 2.75) is 13.0 Å². The van der Waals surface area contributed by atoms with Gasteiger partial charge in [0.1, 0.15) is 5.75 Å². The van der Waals surface area contributed by atoms with Crippen molar-refractivity contribution in [2.75, 3.05) is 20.3 Å². The minimum Gasteiger partial charge on any atom is -0.497 e. The molecule has 0 amide bonds. The predicted octanol–water partition coefficient (Wildman–Crippen LogP) is 3.07. The first-order valence-electron chi connectivity index (χ1n) is 6.76. The van der Waals surface area contributed by atoms with Crippen molar-refractivity contribution in [3.63, 3.8) is 0 Å². The van der Waals surface area contributed by atoms with Gasteiger partial charge in [-0.2, -0.15) is 0 Å². The molecular formula is C16H21ClN2O2. The van der Waals surface area contributed by atoms with E-state index in [-0.39, 0.29) is 12.4 Å². The summed E-state index contributed by atoms with van der Waals surface area (Å²) in [5, 5.41) is 3.38. The summed E-state index contributed by atoms with van der Waals surface area (Å²) in [4.78, 5) is 4.11. The quantitative estimate of drug-likeness (QED) is 0.761. The molecule has 5 heteroatoms. The molecular weight excluding hydrogens is 288 g/mol. The normalized spacial score (nSPS) is 9.76. The summed E-state index contributed by atoms with van der Waals surface area (Å²) in [6.07, 6.45) is 2.68. The Morgan fingerprint density at radius 2 is 2.05 bits per heavy atom. The van der Waals surface area contributed by atoms with Crippen molar-refractivity contribution in [2.24, 2.45) is 0 Å². The maximum atomic E-state index is 5.52. The van der Waals surface area contributed by atoms with E-state index in [1.807, 2.05) is 36.4 Å². The summed E-state index contributed by atoms with van der Waals surface area (Å²) in [7, 11) is 1.68. The predicted molar refractivity (Wildman–Crippen MR) is 86.3 cm³/mol. The minimum atomic E-state index is 0. The van der Waals surface area contributed by atoms with Crippen LogP contribution in [0.5, 0.6) is 11.6 Å². The highest BCUT2D eigenvalue weighted by Crippen LogP contribution is 2.12. The summed E-state index contributed by atoms with van der Waals surface area (Å²) in [5.74, 6) is 1.57. The van der Waals surface area contributed by atoms with Crippen molar-refractivity contribution < 1.29 is 9.47 Å². The first-order valence-corrected chi connectivity index (χ1v) is 6.76. The molecule has 0 fully saturated rings. The van der Waals surface area contributed by atoms with Crippen LogP contribution in [0.4, 0.5) is 0 Å². The molecule has 0 saturated carbocycles. The van der Waals surface area contributed by atoms with Gasteiger partial charge in [-0.1, -0.05) is 18.2 Å². The van der Waals surface area contributed by atoms with E-state index in [9.17, 15) is 0 Å². The number of methoxy groups -OCH3 is 1. The van der Waals surface area contributed by atoms with Crippen LogP contribution >= 0.6 is 12.4 Å². The van der Waals surface area contributed by atoms with Crippen molar-refractivity contribution in [1.29, 1.82) is 0 Å². The number of nitrogens with zero attached hydrogens (tertiary/aromatic N) is 1. The molecule has 0 aliphatic heterocycles. The molecule has 0 unspecified atom stereocenters. The molecule has 21 heavy (non-hydrogen) atoms. The molecule has 1 aromatic carbocycles. The molecule has 0 aliphatic carbocycles.